The maximum absolute atomic E-state index is 13.1. The standard InChI is InChI=1S/C52H40B2O6/c1-5-29-9-13-43-39(17-29)53-40-18-30(6-2)10-14-44(40)58-48-24-33(23-47(57-43)51(48)53)37-21-36(28-56)38(22-35(37)27-55)34-25-49-52-50(26-34)60-46-16-12-32(8-4)20-42(46)54(52)41-19-31(7-3)11-15-45(41)59-49/h9-28H,5-8H2,1-4H3. The zero-order valence-corrected chi connectivity index (χ0v) is 34.0. The molecule has 0 bridgehead atoms. The summed E-state index contributed by atoms with van der Waals surface area (Å²) in [5.74, 6) is 5.86. The Hall–Kier alpha value is -6.79. The van der Waals surface area contributed by atoms with Gasteiger partial charge in [-0.05, 0) is 153 Å². The minimum atomic E-state index is -0.0802. The number of carbonyl (C=O) groups is 2. The largest absolute Gasteiger partial charge is 0.458 e. The first-order valence-electron chi connectivity index (χ1n) is 21.1. The molecule has 4 aliphatic rings. The second kappa shape index (κ2) is 13.9. The normalized spacial score (nSPS) is 13.2. The summed E-state index contributed by atoms with van der Waals surface area (Å²) in [7, 11) is 0. The summed E-state index contributed by atoms with van der Waals surface area (Å²) in [5, 5.41) is 0. The lowest BCUT2D eigenvalue weighted by molar-refractivity contribution is 0.111. The van der Waals surface area contributed by atoms with Crippen molar-refractivity contribution in [3.8, 4) is 68.2 Å². The molecule has 60 heavy (non-hydrogen) atoms. The predicted molar refractivity (Wildman–Crippen MR) is 241 cm³/mol. The van der Waals surface area contributed by atoms with E-state index in [0.717, 1.165) is 94.0 Å². The Labute approximate surface area is 350 Å². The first-order chi connectivity index (χ1) is 29.4. The van der Waals surface area contributed by atoms with Gasteiger partial charge in [0.25, 0.3) is 13.4 Å². The van der Waals surface area contributed by atoms with Gasteiger partial charge in [0.1, 0.15) is 46.0 Å². The van der Waals surface area contributed by atoms with Crippen LogP contribution in [0.15, 0.2) is 109 Å². The van der Waals surface area contributed by atoms with Crippen LogP contribution in [0.3, 0.4) is 0 Å². The molecule has 0 radical (unpaired) electrons. The number of aldehydes is 2. The summed E-state index contributed by atoms with van der Waals surface area (Å²) in [6.07, 6.45) is 5.34. The Morgan fingerprint density at radius 3 is 0.917 bits per heavy atom. The van der Waals surface area contributed by atoms with E-state index in [4.69, 9.17) is 18.9 Å². The molecule has 0 aliphatic carbocycles. The number of rotatable bonds is 8. The molecular weight excluding hydrogens is 742 g/mol. The summed E-state index contributed by atoms with van der Waals surface area (Å²) < 4.78 is 26.7. The Kier molecular flexibility index (Phi) is 8.42. The highest BCUT2D eigenvalue weighted by Crippen LogP contribution is 2.43. The van der Waals surface area contributed by atoms with Crippen LogP contribution in [0.4, 0.5) is 0 Å². The van der Waals surface area contributed by atoms with E-state index in [1.165, 1.54) is 22.3 Å². The zero-order chi connectivity index (χ0) is 40.8. The van der Waals surface area contributed by atoms with E-state index in [-0.39, 0.29) is 13.4 Å². The Balaban J connectivity index is 1.05. The van der Waals surface area contributed by atoms with Crippen LogP contribution in [0.1, 0.15) is 70.7 Å². The van der Waals surface area contributed by atoms with Crippen LogP contribution >= 0.6 is 0 Å². The molecule has 0 fully saturated rings. The molecule has 0 aromatic heterocycles. The molecule has 4 heterocycles. The van der Waals surface area contributed by atoms with Crippen molar-refractivity contribution in [1.82, 2.24) is 0 Å². The number of hydrogen-bond donors (Lipinski definition) is 0. The van der Waals surface area contributed by atoms with E-state index < -0.39 is 0 Å². The van der Waals surface area contributed by atoms with Crippen molar-refractivity contribution in [2.24, 2.45) is 0 Å². The van der Waals surface area contributed by atoms with Crippen LogP contribution in [-0.2, 0) is 25.7 Å². The number of benzene rings is 7. The van der Waals surface area contributed by atoms with Crippen molar-refractivity contribution in [1.29, 1.82) is 0 Å². The summed E-state index contributed by atoms with van der Waals surface area (Å²) in [6.45, 7) is 8.48. The molecule has 0 unspecified atom stereocenters. The summed E-state index contributed by atoms with van der Waals surface area (Å²) in [6, 6.07) is 37.2. The van der Waals surface area contributed by atoms with E-state index in [2.05, 4.69) is 100 Å². The number of carbonyl (C=O) groups excluding carboxylic acids is 2. The van der Waals surface area contributed by atoms with Gasteiger partial charge in [-0.3, -0.25) is 9.59 Å². The highest BCUT2D eigenvalue weighted by Gasteiger charge is 2.42. The van der Waals surface area contributed by atoms with Crippen molar-refractivity contribution in [3.63, 3.8) is 0 Å². The van der Waals surface area contributed by atoms with Gasteiger partial charge >= 0.3 is 0 Å². The lowest BCUT2D eigenvalue weighted by Crippen LogP contribution is -2.57. The van der Waals surface area contributed by atoms with Crippen LogP contribution in [0, 0.1) is 0 Å². The molecule has 290 valence electrons. The average molecular weight is 783 g/mol. The Bertz CT molecular complexity index is 2640. The minimum Gasteiger partial charge on any atom is -0.458 e. The van der Waals surface area contributed by atoms with Crippen LogP contribution < -0.4 is 51.7 Å². The number of hydrogen-bond acceptors (Lipinski definition) is 6. The lowest BCUT2D eigenvalue weighted by Gasteiger charge is -2.34. The van der Waals surface area contributed by atoms with Gasteiger partial charge in [0.15, 0.2) is 12.6 Å². The third-order valence-corrected chi connectivity index (χ3v) is 12.9. The van der Waals surface area contributed by atoms with Crippen LogP contribution in [0.5, 0.6) is 46.0 Å². The van der Waals surface area contributed by atoms with E-state index >= 15 is 0 Å². The predicted octanol–water partition coefficient (Wildman–Crippen LogP) is 8.35. The molecule has 0 N–H and O–H groups in total. The van der Waals surface area contributed by atoms with Crippen molar-refractivity contribution >= 4 is 58.8 Å². The Morgan fingerprint density at radius 2 is 0.667 bits per heavy atom. The van der Waals surface area contributed by atoms with Gasteiger partial charge in [0.05, 0.1) is 0 Å². The minimum absolute atomic E-state index is 0.0802. The van der Waals surface area contributed by atoms with E-state index in [9.17, 15) is 9.59 Å². The molecular formula is C52H40B2O6. The smallest absolute Gasteiger partial charge is 0.260 e. The van der Waals surface area contributed by atoms with Gasteiger partial charge in [0, 0.05) is 22.1 Å². The second-order valence-corrected chi connectivity index (χ2v) is 16.2. The SMILES string of the molecule is CCc1ccc2c(c1)B1c3cc(CC)ccc3Oc3cc(-c4cc(C=O)c(-c5cc6c7c(c5)Oc5ccc(CC)cc5B7c5cc(CC)ccc5O6)cc4C=O)cc(c31)O2. The molecule has 7 aromatic rings. The quantitative estimate of drug-likeness (QED) is 0.114. The molecule has 7 aromatic carbocycles. The maximum atomic E-state index is 13.1. The third-order valence-electron chi connectivity index (χ3n) is 12.9. The van der Waals surface area contributed by atoms with E-state index in [1.54, 1.807) is 12.1 Å². The number of aryl methyl sites for hydroxylation is 4. The van der Waals surface area contributed by atoms with Crippen LogP contribution in [0.2, 0.25) is 0 Å². The van der Waals surface area contributed by atoms with Crippen LogP contribution in [0.25, 0.3) is 22.3 Å². The fourth-order valence-corrected chi connectivity index (χ4v) is 9.72. The molecule has 0 saturated heterocycles. The van der Waals surface area contributed by atoms with Gasteiger partial charge in [-0.2, -0.15) is 0 Å². The van der Waals surface area contributed by atoms with Gasteiger partial charge in [-0.15, -0.1) is 0 Å². The average Bonchev–Trinajstić information content (AvgIpc) is 3.29. The fraction of sp³-hybridized carbons (Fsp3) is 0.154. The third kappa shape index (κ3) is 5.50. The molecule has 6 nitrogen and oxygen atoms in total. The van der Waals surface area contributed by atoms with Crippen molar-refractivity contribution in [2.75, 3.05) is 0 Å². The maximum Gasteiger partial charge on any atom is 0.260 e. The van der Waals surface area contributed by atoms with Gasteiger partial charge < -0.3 is 18.9 Å². The fourth-order valence-electron chi connectivity index (χ4n) is 9.72. The first-order valence-corrected chi connectivity index (χ1v) is 21.1. The first kappa shape index (κ1) is 36.3. The highest BCUT2D eigenvalue weighted by atomic mass is 16.5. The highest BCUT2D eigenvalue weighted by molar-refractivity contribution is 6.99. The molecule has 11 rings (SSSR count). The van der Waals surface area contributed by atoms with Crippen LogP contribution in [-0.4, -0.2) is 26.0 Å². The molecule has 0 atom stereocenters. The summed E-state index contributed by atoms with van der Waals surface area (Å²) in [5.41, 5.74) is 14.8. The molecule has 8 heteroatoms. The Morgan fingerprint density at radius 1 is 0.383 bits per heavy atom. The van der Waals surface area contributed by atoms with Crippen molar-refractivity contribution < 1.29 is 28.5 Å². The van der Waals surface area contributed by atoms with E-state index in [1.807, 2.05) is 24.3 Å². The number of ether oxygens (including phenoxy) is 4. The molecule has 0 saturated carbocycles. The van der Waals surface area contributed by atoms with Gasteiger partial charge in [0.2, 0.25) is 0 Å². The molecule has 4 aliphatic heterocycles. The topological polar surface area (TPSA) is 71.1 Å². The monoisotopic (exact) mass is 782 g/mol. The van der Waals surface area contributed by atoms with Gasteiger partial charge in [-0.25, -0.2) is 0 Å². The lowest BCUT2D eigenvalue weighted by atomic mass is 9.34. The van der Waals surface area contributed by atoms with Gasteiger partial charge in [-0.1, -0.05) is 76.2 Å². The number of fused-ring (bicyclic) bond motifs is 8. The van der Waals surface area contributed by atoms with Crippen molar-refractivity contribution in [3.05, 3.63) is 143 Å². The zero-order valence-electron chi connectivity index (χ0n) is 34.0. The molecule has 0 spiro atoms. The summed E-state index contributed by atoms with van der Waals surface area (Å²) >= 11 is 0. The summed E-state index contributed by atoms with van der Waals surface area (Å²) in [4.78, 5) is 26.3. The second-order valence-electron chi connectivity index (χ2n) is 16.2. The van der Waals surface area contributed by atoms with E-state index in [0.29, 0.717) is 56.4 Å². The molecule has 0 amide bonds. The van der Waals surface area contributed by atoms with Crippen molar-refractivity contribution in [2.45, 2.75) is 53.4 Å².